The fourth-order valence-electron chi connectivity index (χ4n) is 3.26. The van der Waals surface area contributed by atoms with Crippen molar-refractivity contribution in [3.05, 3.63) is 97.0 Å². The summed E-state index contributed by atoms with van der Waals surface area (Å²) >= 11 is 0. The van der Waals surface area contributed by atoms with Crippen LogP contribution in [0.3, 0.4) is 0 Å². The molecule has 0 aliphatic carbocycles. The van der Waals surface area contributed by atoms with Crippen molar-refractivity contribution in [2.75, 3.05) is 5.32 Å². The highest BCUT2D eigenvalue weighted by Crippen LogP contribution is 2.22. The van der Waals surface area contributed by atoms with Crippen LogP contribution in [0.4, 0.5) is 5.69 Å². The molecule has 154 valence electrons. The summed E-state index contributed by atoms with van der Waals surface area (Å²) in [4.78, 5) is 32.9. The maximum Gasteiger partial charge on any atom is 0.243 e. The molecular weight excluding hydrogens is 390 g/mol. The van der Waals surface area contributed by atoms with E-state index in [9.17, 15) is 9.59 Å². The number of hydrogen-bond donors (Lipinski definition) is 2. The third-order valence-electron chi connectivity index (χ3n) is 4.79. The first-order valence-electron chi connectivity index (χ1n) is 9.79. The standard InChI is InChI=1S/C24H21N5O2/c1-2-22(30)26-15-19-8-4-3-7-17(19)14-23(31)27-20-10-5-9-18(13-20)21-16-29-12-6-11-25-24(29)28-21/h2-13,16H,1,14-15H2,(H,26,30)(H,27,31). The Morgan fingerprint density at radius 3 is 2.71 bits per heavy atom. The smallest absolute Gasteiger partial charge is 0.243 e. The van der Waals surface area contributed by atoms with E-state index in [1.165, 1.54) is 6.08 Å². The van der Waals surface area contributed by atoms with E-state index < -0.39 is 0 Å². The molecule has 0 atom stereocenters. The summed E-state index contributed by atoms with van der Waals surface area (Å²) < 4.78 is 1.85. The number of benzene rings is 2. The Morgan fingerprint density at radius 1 is 1.06 bits per heavy atom. The number of carbonyl (C=O) groups excluding carboxylic acids is 2. The lowest BCUT2D eigenvalue weighted by Crippen LogP contribution is -2.22. The molecule has 2 amide bonds. The zero-order valence-corrected chi connectivity index (χ0v) is 16.8. The van der Waals surface area contributed by atoms with Crippen molar-refractivity contribution in [3.8, 4) is 11.3 Å². The SMILES string of the molecule is C=CC(=O)NCc1ccccc1CC(=O)Nc1cccc(-c2cn3cccnc3n2)c1. The molecule has 2 heterocycles. The van der Waals surface area contributed by atoms with E-state index >= 15 is 0 Å². The van der Waals surface area contributed by atoms with E-state index in [1.807, 2.05) is 71.4 Å². The third-order valence-corrected chi connectivity index (χ3v) is 4.79. The van der Waals surface area contributed by atoms with Gasteiger partial charge >= 0.3 is 0 Å². The Morgan fingerprint density at radius 2 is 1.90 bits per heavy atom. The van der Waals surface area contributed by atoms with Crippen LogP contribution in [0.2, 0.25) is 0 Å². The zero-order chi connectivity index (χ0) is 21.6. The fourth-order valence-corrected chi connectivity index (χ4v) is 3.26. The van der Waals surface area contributed by atoms with Crippen LogP contribution in [0.1, 0.15) is 11.1 Å². The average molecular weight is 411 g/mol. The van der Waals surface area contributed by atoms with Gasteiger partial charge in [-0.15, -0.1) is 0 Å². The summed E-state index contributed by atoms with van der Waals surface area (Å²) in [6.07, 6.45) is 6.91. The lowest BCUT2D eigenvalue weighted by atomic mass is 10.0. The Labute approximate surface area is 179 Å². The molecule has 2 N–H and O–H groups in total. The Hall–Kier alpha value is -4.26. The first-order chi connectivity index (χ1) is 15.1. The zero-order valence-electron chi connectivity index (χ0n) is 16.8. The highest BCUT2D eigenvalue weighted by atomic mass is 16.2. The number of nitrogens with zero attached hydrogens (tertiary/aromatic N) is 3. The monoisotopic (exact) mass is 411 g/mol. The second-order valence-electron chi connectivity index (χ2n) is 6.95. The van der Waals surface area contributed by atoms with Crippen molar-refractivity contribution < 1.29 is 9.59 Å². The minimum Gasteiger partial charge on any atom is -0.348 e. The Kier molecular flexibility index (Phi) is 5.84. The summed E-state index contributed by atoms with van der Waals surface area (Å²) in [6, 6.07) is 16.9. The van der Waals surface area contributed by atoms with Gasteiger partial charge in [-0.05, 0) is 35.4 Å². The molecule has 0 aliphatic heterocycles. The van der Waals surface area contributed by atoms with E-state index in [2.05, 4.69) is 27.2 Å². The number of anilines is 1. The molecule has 0 fully saturated rings. The van der Waals surface area contributed by atoms with Gasteiger partial charge in [-0.3, -0.25) is 14.0 Å². The molecule has 0 bridgehead atoms. The summed E-state index contributed by atoms with van der Waals surface area (Å²) in [5.41, 5.74) is 4.09. The van der Waals surface area contributed by atoms with Gasteiger partial charge in [0, 0.05) is 36.4 Å². The molecule has 31 heavy (non-hydrogen) atoms. The number of amides is 2. The van der Waals surface area contributed by atoms with Crippen molar-refractivity contribution in [1.82, 2.24) is 19.7 Å². The normalized spacial score (nSPS) is 10.6. The number of rotatable bonds is 7. The van der Waals surface area contributed by atoms with Gasteiger partial charge in [0.1, 0.15) is 0 Å². The summed E-state index contributed by atoms with van der Waals surface area (Å²) in [7, 11) is 0. The number of fused-ring (bicyclic) bond motifs is 1. The van der Waals surface area contributed by atoms with Crippen LogP contribution >= 0.6 is 0 Å². The Balaban J connectivity index is 1.47. The maximum absolute atomic E-state index is 12.7. The van der Waals surface area contributed by atoms with E-state index in [-0.39, 0.29) is 18.2 Å². The molecule has 2 aromatic heterocycles. The van der Waals surface area contributed by atoms with Crippen LogP contribution in [0.5, 0.6) is 0 Å². The molecular formula is C24H21N5O2. The molecule has 0 spiro atoms. The topological polar surface area (TPSA) is 88.4 Å². The molecule has 4 rings (SSSR count). The van der Waals surface area contributed by atoms with Crippen molar-refractivity contribution in [3.63, 3.8) is 0 Å². The average Bonchev–Trinajstić information content (AvgIpc) is 3.23. The third kappa shape index (κ3) is 4.84. The molecule has 4 aromatic rings. The van der Waals surface area contributed by atoms with Crippen LogP contribution < -0.4 is 10.6 Å². The molecule has 0 saturated heterocycles. The predicted molar refractivity (Wildman–Crippen MR) is 119 cm³/mol. The first-order valence-corrected chi connectivity index (χ1v) is 9.79. The van der Waals surface area contributed by atoms with Gasteiger partial charge in [0.15, 0.2) is 0 Å². The highest BCUT2D eigenvalue weighted by Gasteiger charge is 2.10. The molecule has 7 heteroatoms. The largest absolute Gasteiger partial charge is 0.348 e. The van der Waals surface area contributed by atoms with Gasteiger partial charge in [0.25, 0.3) is 0 Å². The van der Waals surface area contributed by atoms with Crippen molar-refractivity contribution in [2.45, 2.75) is 13.0 Å². The van der Waals surface area contributed by atoms with Crippen molar-refractivity contribution in [2.24, 2.45) is 0 Å². The van der Waals surface area contributed by atoms with Gasteiger partial charge in [0.05, 0.1) is 12.1 Å². The lowest BCUT2D eigenvalue weighted by Gasteiger charge is -2.11. The highest BCUT2D eigenvalue weighted by molar-refractivity contribution is 5.93. The van der Waals surface area contributed by atoms with Crippen LogP contribution in [0, 0.1) is 0 Å². The first kappa shape index (κ1) is 20.0. The van der Waals surface area contributed by atoms with E-state index in [4.69, 9.17) is 0 Å². The minimum absolute atomic E-state index is 0.142. The van der Waals surface area contributed by atoms with Crippen molar-refractivity contribution in [1.29, 1.82) is 0 Å². The number of hydrogen-bond acceptors (Lipinski definition) is 4. The Bertz CT molecular complexity index is 1230. The molecule has 0 aliphatic rings. The second kappa shape index (κ2) is 9.04. The van der Waals surface area contributed by atoms with Gasteiger partial charge < -0.3 is 10.6 Å². The molecule has 2 aromatic carbocycles. The number of nitrogens with one attached hydrogen (secondary N) is 2. The number of carbonyl (C=O) groups is 2. The molecule has 7 nitrogen and oxygen atoms in total. The van der Waals surface area contributed by atoms with Crippen LogP contribution in [-0.2, 0) is 22.6 Å². The molecule has 0 saturated carbocycles. The molecule has 0 unspecified atom stereocenters. The maximum atomic E-state index is 12.7. The van der Waals surface area contributed by atoms with Crippen LogP contribution in [-0.4, -0.2) is 26.2 Å². The van der Waals surface area contributed by atoms with Crippen LogP contribution in [0.15, 0.2) is 85.8 Å². The van der Waals surface area contributed by atoms with Gasteiger partial charge in [-0.1, -0.05) is 43.0 Å². The lowest BCUT2D eigenvalue weighted by molar-refractivity contribution is -0.116. The molecule has 0 radical (unpaired) electrons. The summed E-state index contributed by atoms with van der Waals surface area (Å²) in [5.74, 6) is 0.224. The van der Waals surface area contributed by atoms with Gasteiger partial charge in [-0.25, -0.2) is 9.97 Å². The van der Waals surface area contributed by atoms with E-state index in [0.717, 1.165) is 22.4 Å². The fraction of sp³-hybridized carbons (Fsp3) is 0.0833. The quantitative estimate of drug-likeness (QED) is 0.457. The number of aromatic nitrogens is 3. The number of imidazole rings is 1. The van der Waals surface area contributed by atoms with Gasteiger partial charge in [0.2, 0.25) is 17.6 Å². The van der Waals surface area contributed by atoms with E-state index in [1.54, 1.807) is 6.20 Å². The van der Waals surface area contributed by atoms with Crippen molar-refractivity contribution >= 4 is 23.3 Å². The second-order valence-corrected chi connectivity index (χ2v) is 6.95. The summed E-state index contributed by atoms with van der Waals surface area (Å²) in [5, 5.41) is 5.69. The van der Waals surface area contributed by atoms with E-state index in [0.29, 0.717) is 18.0 Å². The predicted octanol–water partition coefficient (Wildman–Crippen LogP) is 3.38. The minimum atomic E-state index is -0.252. The van der Waals surface area contributed by atoms with Gasteiger partial charge in [-0.2, -0.15) is 0 Å². The van der Waals surface area contributed by atoms with Crippen LogP contribution in [0.25, 0.3) is 17.0 Å². The summed E-state index contributed by atoms with van der Waals surface area (Å²) in [6.45, 7) is 3.79.